The van der Waals surface area contributed by atoms with Gasteiger partial charge in [0.1, 0.15) is 5.82 Å². The molecule has 1 aromatic heterocycles. The van der Waals surface area contributed by atoms with Crippen LogP contribution in [-0.4, -0.2) is 16.3 Å². The van der Waals surface area contributed by atoms with Crippen molar-refractivity contribution in [3.63, 3.8) is 0 Å². The zero-order valence-electron chi connectivity index (χ0n) is 11.7. The molecule has 2 rings (SSSR count). The first kappa shape index (κ1) is 15.2. The molecule has 0 fully saturated rings. The van der Waals surface area contributed by atoms with Crippen LogP contribution in [0.25, 0.3) is 0 Å². The number of hydrogen-bond acceptors (Lipinski definition) is 2. The number of nitrogens with zero attached hydrogens (tertiary/aromatic N) is 2. The lowest BCUT2D eigenvalue weighted by molar-refractivity contribution is 0.526. The fourth-order valence-corrected chi connectivity index (χ4v) is 2.47. The van der Waals surface area contributed by atoms with Crippen molar-refractivity contribution in [3.05, 3.63) is 52.0 Å². The van der Waals surface area contributed by atoms with Gasteiger partial charge in [0.05, 0.1) is 16.2 Å². The molecule has 1 N–H and O–H groups in total. The van der Waals surface area contributed by atoms with E-state index in [-0.39, 0.29) is 11.9 Å². The molecule has 20 heavy (non-hydrogen) atoms. The third-order valence-corrected chi connectivity index (χ3v) is 3.86. The SMILES string of the molecule is CCCNC(c1ccc(Br)c(F)c1)c1ccnn1CC. The van der Waals surface area contributed by atoms with Crippen molar-refractivity contribution in [2.24, 2.45) is 0 Å². The van der Waals surface area contributed by atoms with Crippen LogP contribution in [-0.2, 0) is 6.54 Å². The molecule has 0 bridgehead atoms. The van der Waals surface area contributed by atoms with E-state index < -0.39 is 0 Å². The van der Waals surface area contributed by atoms with Crippen LogP contribution in [0.3, 0.4) is 0 Å². The molecule has 1 heterocycles. The van der Waals surface area contributed by atoms with Gasteiger partial charge in [0.2, 0.25) is 0 Å². The Balaban J connectivity index is 2.38. The van der Waals surface area contributed by atoms with Crippen molar-refractivity contribution < 1.29 is 4.39 Å². The Morgan fingerprint density at radius 1 is 1.35 bits per heavy atom. The minimum Gasteiger partial charge on any atom is -0.305 e. The first-order valence-corrected chi connectivity index (χ1v) is 7.66. The first-order valence-electron chi connectivity index (χ1n) is 6.87. The summed E-state index contributed by atoms with van der Waals surface area (Å²) in [6, 6.07) is 7.20. The summed E-state index contributed by atoms with van der Waals surface area (Å²) in [5.74, 6) is -0.242. The van der Waals surface area contributed by atoms with Crippen LogP contribution in [0.2, 0.25) is 0 Å². The molecule has 1 aromatic carbocycles. The molecule has 108 valence electrons. The smallest absolute Gasteiger partial charge is 0.137 e. The van der Waals surface area contributed by atoms with Crippen LogP contribution < -0.4 is 5.32 Å². The number of aromatic nitrogens is 2. The van der Waals surface area contributed by atoms with E-state index in [1.165, 1.54) is 0 Å². The van der Waals surface area contributed by atoms with Crippen LogP contribution in [0.1, 0.15) is 37.6 Å². The van der Waals surface area contributed by atoms with Crippen LogP contribution in [0.15, 0.2) is 34.9 Å². The molecule has 0 spiro atoms. The van der Waals surface area contributed by atoms with E-state index in [1.54, 1.807) is 18.3 Å². The number of halogens is 2. The molecule has 3 nitrogen and oxygen atoms in total. The maximum Gasteiger partial charge on any atom is 0.137 e. The van der Waals surface area contributed by atoms with Crippen molar-refractivity contribution in [1.82, 2.24) is 15.1 Å². The van der Waals surface area contributed by atoms with E-state index in [0.29, 0.717) is 4.47 Å². The highest BCUT2D eigenvalue weighted by Gasteiger charge is 2.18. The molecule has 1 atom stereocenters. The van der Waals surface area contributed by atoms with Crippen LogP contribution in [0.5, 0.6) is 0 Å². The Labute approximate surface area is 127 Å². The lowest BCUT2D eigenvalue weighted by Gasteiger charge is -2.20. The summed E-state index contributed by atoms with van der Waals surface area (Å²) in [7, 11) is 0. The lowest BCUT2D eigenvalue weighted by atomic mass is 10.0. The van der Waals surface area contributed by atoms with Gasteiger partial charge in [0.25, 0.3) is 0 Å². The Bertz CT molecular complexity index is 568. The van der Waals surface area contributed by atoms with Gasteiger partial charge in [-0.05, 0) is 59.6 Å². The lowest BCUT2D eigenvalue weighted by Crippen LogP contribution is -2.25. The van der Waals surface area contributed by atoms with Crippen LogP contribution in [0, 0.1) is 5.82 Å². The minimum atomic E-state index is -0.242. The monoisotopic (exact) mass is 339 g/mol. The number of rotatable bonds is 6. The summed E-state index contributed by atoms with van der Waals surface area (Å²) in [6.07, 6.45) is 2.81. The van der Waals surface area contributed by atoms with Crippen molar-refractivity contribution in [3.8, 4) is 0 Å². The van der Waals surface area contributed by atoms with Crippen molar-refractivity contribution in [1.29, 1.82) is 0 Å². The predicted octanol–water partition coefficient (Wildman–Crippen LogP) is 3.89. The standard InChI is InChI=1S/C15H19BrFN3/c1-3-8-18-15(14-7-9-19-20(14)4-2)11-5-6-12(16)13(17)10-11/h5-7,9-10,15,18H,3-4,8H2,1-2H3. The maximum absolute atomic E-state index is 13.8. The fraction of sp³-hybridized carbons (Fsp3) is 0.400. The van der Waals surface area contributed by atoms with Gasteiger partial charge < -0.3 is 5.32 Å². The molecule has 0 aliphatic heterocycles. The summed E-state index contributed by atoms with van der Waals surface area (Å²) in [4.78, 5) is 0. The first-order chi connectivity index (χ1) is 9.67. The molecule has 0 saturated carbocycles. The van der Waals surface area contributed by atoms with E-state index in [4.69, 9.17) is 0 Å². The van der Waals surface area contributed by atoms with Crippen molar-refractivity contribution in [2.75, 3.05) is 6.54 Å². The Morgan fingerprint density at radius 2 is 2.15 bits per heavy atom. The van der Waals surface area contributed by atoms with Crippen molar-refractivity contribution in [2.45, 2.75) is 32.9 Å². The van der Waals surface area contributed by atoms with E-state index in [0.717, 1.165) is 30.8 Å². The van der Waals surface area contributed by atoms with E-state index in [2.05, 4.69) is 40.2 Å². The third kappa shape index (κ3) is 3.27. The minimum absolute atomic E-state index is 0.0417. The van der Waals surface area contributed by atoms with Crippen molar-refractivity contribution >= 4 is 15.9 Å². The Morgan fingerprint density at radius 3 is 2.80 bits per heavy atom. The topological polar surface area (TPSA) is 29.9 Å². The van der Waals surface area contributed by atoms with E-state index in [9.17, 15) is 4.39 Å². The largest absolute Gasteiger partial charge is 0.305 e. The van der Waals surface area contributed by atoms with Gasteiger partial charge in [0, 0.05) is 12.7 Å². The van der Waals surface area contributed by atoms with Gasteiger partial charge in [-0.3, -0.25) is 4.68 Å². The van der Waals surface area contributed by atoms with E-state index in [1.807, 2.05) is 16.8 Å². The average Bonchev–Trinajstić information content (AvgIpc) is 2.91. The molecule has 0 aliphatic carbocycles. The second-order valence-electron chi connectivity index (χ2n) is 4.63. The second-order valence-corrected chi connectivity index (χ2v) is 5.49. The normalized spacial score (nSPS) is 12.6. The highest BCUT2D eigenvalue weighted by molar-refractivity contribution is 9.10. The molecule has 1 unspecified atom stereocenters. The summed E-state index contributed by atoms with van der Waals surface area (Å²) in [5, 5.41) is 7.77. The number of benzene rings is 1. The van der Waals surface area contributed by atoms with Crippen LogP contribution in [0.4, 0.5) is 4.39 Å². The Kier molecular flexibility index (Phi) is 5.31. The zero-order valence-corrected chi connectivity index (χ0v) is 13.3. The highest BCUT2D eigenvalue weighted by atomic mass is 79.9. The molecule has 0 saturated heterocycles. The Hall–Kier alpha value is -1.20. The molecule has 0 aliphatic rings. The molecular formula is C15H19BrFN3. The number of hydrogen-bond donors (Lipinski definition) is 1. The molecule has 0 radical (unpaired) electrons. The molecule has 2 aromatic rings. The molecular weight excluding hydrogens is 321 g/mol. The quantitative estimate of drug-likeness (QED) is 0.865. The number of nitrogens with one attached hydrogen (secondary N) is 1. The summed E-state index contributed by atoms with van der Waals surface area (Å²) in [5.41, 5.74) is 1.97. The second kappa shape index (κ2) is 6.99. The third-order valence-electron chi connectivity index (χ3n) is 3.22. The van der Waals surface area contributed by atoms with Gasteiger partial charge in [-0.15, -0.1) is 0 Å². The van der Waals surface area contributed by atoms with Gasteiger partial charge in [-0.25, -0.2) is 4.39 Å². The maximum atomic E-state index is 13.8. The summed E-state index contributed by atoms with van der Waals surface area (Å²) in [6.45, 7) is 5.84. The fourth-order valence-electron chi connectivity index (χ4n) is 2.23. The molecule has 5 heteroatoms. The summed E-state index contributed by atoms with van der Waals surface area (Å²) >= 11 is 3.20. The predicted molar refractivity (Wildman–Crippen MR) is 82.1 cm³/mol. The van der Waals surface area contributed by atoms with Gasteiger partial charge in [-0.2, -0.15) is 5.10 Å². The van der Waals surface area contributed by atoms with E-state index >= 15 is 0 Å². The summed E-state index contributed by atoms with van der Waals surface area (Å²) < 4.78 is 16.2. The average molecular weight is 340 g/mol. The molecule has 0 amide bonds. The number of aryl methyl sites for hydroxylation is 1. The van der Waals surface area contributed by atoms with Gasteiger partial charge >= 0.3 is 0 Å². The van der Waals surface area contributed by atoms with Gasteiger partial charge in [-0.1, -0.05) is 13.0 Å². The highest BCUT2D eigenvalue weighted by Crippen LogP contribution is 2.25. The zero-order chi connectivity index (χ0) is 14.5. The van der Waals surface area contributed by atoms with Gasteiger partial charge in [0.15, 0.2) is 0 Å². The van der Waals surface area contributed by atoms with Crippen LogP contribution >= 0.6 is 15.9 Å².